The van der Waals surface area contributed by atoms with E-state index in [2.05, 4.69) is 27.7 Å². The number of carbonyl (C=O) groups excluding carboxylic acids is 1. The molecule has 0 aromatic rings. The fourth-order valence-corrected chi connectivity index (χ4v) is 4.70. The van der Waals surface area contributed by atoms with E-state index in [0.717, 1.165) is 0 Å². The maximum absolute atomic E-state index is 11.3. The molecule has 0 spiro atoms. The van der Waals surface area contributed by atoms with Crippen LogP contribution < -0.4 is 0 Å². The van der Waals surface area contributed by atoms with E-state index in [1.807, 2.05) is 0 Å². The van der Waals surface area contributed by atoms with Crippen LogP contribution in [0, 0.1) is 11.8 Å². The fraction of sp³-hybridized carbons (Fsp3) is 0.900. The monoisotopic (exact) mass is 214 g/mol. The second kappa shape index (κ2) is 8.08. The van der Waals surface area contributed by atoms with E-state index in [1.165, 1.54) is 10.6 Å². The lowest BCUT2D eigenvalue weighted by Gasteiger charge is -2.12. The van der Waals surface area contributed by atoms with Gasteiger partial charge in [-0.15, -0.1) is 0 Å². The minimum atomic E-state index is -1.06. The Kier molecular flexibility index (Phi) is 10.1. The molecule has 0 fully saturated rings. The molecule has 0 amide bonds. The van der Waals surface area contributed by atoms with Crippen molar-refractivity contribution in [2.45, 2.75) is 45.2 Å². The molecule has 0 unspecified atom stereocenters. The molecule has 0 saturated heterocycles. The Hall–Kier alpha value is 0.735. The molecule has 0 aliphatic carbocycles. The first-order chi connectivity index (χ1) is 5.43. The summed E-state index contributed by atoms with van der Waals surface area (Å²) in [5.74, 6) is 1.40. The molecule has 0 radical (unpaired) electrons. The lowest BCUT2D eigenvalue weighted by molar-refractivity contribution is -0.110. The van der Waals surface area contributed by atoms with Gasteiger partial charge in [-0.25, -0.2) is 0 Å². The summed E-state index contributed by atoms with van der Waals surface area (Å²) >= 11 is -1.06. The maximum Gasteiger partial charge on any atom is 0.365 e. The predicted octanol–water partition coefficient (Wildman–Crippen LogP) is 1.74. The van der Waals surface area contributed by atoms with Crippen molar-refractivity contribution >= 4 is 36.2 Å². The average molecular weight is 214 g/mol. The van der Waals surface area contributed by atoms with Gasteiger partial charge in [-0.1, -0.05) is 50.1 Å². The van der Waals surface area contributed by atoms with Crippen molar-refractivity contribution in [3.8, 4) is 0 Å². The number of hydrogen-bond donors (Lipinski definition) is 0. The van der Waals surface area contributed by atoms with Crippen molar-refractivity contribution in [2.24, 2.45) is 11.8 Å². The molecule has 3 heteroatoms. The van der Waals surface area contributed by atoms with Crippen LogP contribution in [0.1, 0.15) is 34.6 Å². The molecule has 0 aliphatic rings. The van der Waals surface area contributed by atoms with Gasteiger partial charge in [0.1, 0.15) is 0 Å². The zero-order valence-corrected chi connectivity index (χ0v) is 10.2. The number of rotatable bonds is 5. The lowest BCUT2D eigenvalue weighted by Crippen LogP contribution is -2.26. The molecule has 0 aromatic carbocycles. The highest BCUT2D eigenvalue weighted by Gasteiger charge is 2.25. The topological polar surface area (TPSA) is 17.1 Å². The molecule has 76 valence electrons. The Balaban J connectivity index is 0. The smallest absolute Gasteiger partial charge is 0.321 e. The summed E-state index contributed by atoms with van der Waals surface area (Å²) in [5, 5.41) is 2.38. The number of carbonyl (C=O) groups is 1. The standard InChI is InChI=1S/2C4H9.C2H3O.2Al.3H/c2*1-4(2)3;1-2-3;;;;;/h2*4H,1H2,2-3H3;1H3;;;;;. The first-order valence-electron chi connectivity index (χ1n) is 4.94. The number of hydrogen-bond acceptors (Lipinski definition) is 1. The normalized spacial score (nSPS) is 10.1. The van der Waals surface area contributed by atoms with E-state index in [-0.39, 0.29) is 17.4 Å². The van der Waals surface area contributed by atoms with Gasteiger partial charge in [0.15, 0.2) is 17.4 Å². The summed E-state index contributed by atoms with van der Waals surface area (Å²) in [6, 6.07) is 0. The van der Waals surface area contributed by atoms with E-state index in [9.17, 15) is 4.79 Å². The summed E-state index contributed by atoms with van der Waals surface area (Å²) in [7, 11) is 0. The lowest BCUT2D eigenvalue weighted by atomic mass is 10.3. The molecule has 0 bridgehead atoms. The van der Waals surface area contributed by atoms with Crippen LogP contribution in [-0.2, 0) is 4.79 Å². The third-order valence-corrected chi connectivity index (χ3v) is 6.26. The highest BCUT2D eigenvalue weighted by atomic mass is 27.2. The maximum atomic E-state index is 11.3. The minimum Gasteiger partial charge on any atom is -0.321 e. The van der Waals surface area contributed by atoms with E-state index in [0.29, 0.717) is 16.5 Å². The molecule has 0 aromatic heterocycles. The zero-order chi connectivity index (χ0) is 9.72. The summed E-state index contributed by atoms with van der Waals surface area (Å²) in [5.41, 5.74) is 0. The van der Waals surface area contributed by atoms with Crippen molar-refractivity contribution in [1.29, 1.82) is 0 Å². The second-order valence-electron chi connectivity index (χ2n) is 4.57. The van der Waals surface area contributed by atoms with Gasteiger partial charge in [0, 0.05) is 4.65 Å². The van der Waals surface area contributed by atoms with Gasteiger partial charge in [-0.2, -0.15) is 0 Å². The van der Waals surface area contributed by atoms with Crippen LogP contribution in [0.5, 0.6) is 0 Å². The highest BCUT2D eigenvalue weighted by Crippen LogP contribution is 2.14. The van der Waals surface area contributed by atoms with Crippen LogP contribution in [0.25, 0.3) is 0 Å². The average Bonchev–Trinajstić information content (AvgIpc) is 1.83. The van der Waals surface area contributed by atoms with Gasteiger partial charge < -0.3 is 4.79 Å². The molecule has 0 atom stereocenters. The van der Waals surface area contributed by atoms with Crippen molar-refractivity contribution < 1.29 is 4.79 Å². The third-order valence-electron chi connectivity index (χ3n) is 2.09. The van der Waals surface area contributed by atoms with E-state index in [4.69, 9.17) is 0 Å². The predicted molar refractivity (Wildman–Crippen MR) is 65.7 cm³/mol. The Bertz CT molecular complexity index is 134. The van der Waals surface area contributed by atoms with Crippen LogP contribution in [0.15, 0.2) is 0 Å². The van der Waals surface area contributed by atoms with Crippen molar-refractivity contribution in [2.75, 3.05) is 0 Å². The van der Waals surface area contributed by atoms with Gasteiger partial charge in [0.05, 0.1) is 0 Å². The zero-order valence-electron chi connectivity index (χ0n) is 9.05. The molecule has 0 heterocycles. The summed E-state index contributed by atoms with van der Waals surface area (Å²) in [6.07, 6.45) is 0. The van der Waals surface area contributed by atoms with Gasteiger partial charge in [-0.05, 0) is 6.92 Å². The van der Waals surface area contributed by atoms with Gasteiger partial charge in [-0.3, -0.25) is 0 Å². The fourth-order valence-electron chi connectivity index (χ4n) is 1.57. The molecule has 0 N–H and O–H groups in total. The highest BCUT2D eigenvalue weighted by molar-refractivity contribution is 6.89. The minimum absolute atomic E-state index is 0. The van der Waals surface area contributed by atoms with Crippen LogP contribution in [0.4, 0.5) is 0 Å². The van der Waals surface area contributed by atoms with Gasteiger partial charge >= 0.3 is 14.1 Å². The van der Waals surface area contributed by atoms with Crippen LogP contribution in [0.3, 0.4) is 0 Å². The first-order valence-corrected chi connectivity index (χ1v) is 7.15. The summed E-state index contributed by atoms with van der Waals surface area (Å²) < 4.78 is 0.498. The Morgan fingerprint density at radius 2 is 1.38 bits per heavy atom. The molecular weight excluding hydrogens is 190 g/mol. The van der Waals surface area contributed by atoms with E-state index in [1.54, 1.807) is 6.92 Å². The van der Waals surface area contributed by atoms with Crippen LogP contribution in [-0.4, -0.2) is 36.2 Å². The summed E-state index contributed by atoms with van der Waals surface area (Å²) in [4.78, 5) is 11.3. The summed E-state index contributed by atoms with van der Waals surface area (Å²) in [6.45, 7) is 10.6. The van der Waals surface area contributed by atoms with E-state index < -0.39 is 14.1 Å². The van der Waals surface area contributed by atoms with Crippen LogP contribution in [0.2, 0.25) is 10.6 Å². The molecule has 0 saturated carbocycles. The third kappa shape index (κ3) is 9.05. The molecule has 0 aliphatic heterocycles. The van der Waals surface area contributed by atoms with Gasteiger partial charge in [0.25, 0.3) is 0 Å². The van der Waals surface area contributed by atoms with Crippen molar-refractivity contribution in [3.05, 3.63) is 0 Å². The largest absolute Gasteiger partial charge is 0.365 e. The molecule has 0 rings (SSSR count). The first kappa shape index (κ1) is 16.2. The quantitative estimate of drug-likeness (QED) is 0.637. The van der Waals surface area contributed by atoms with Crippen LogP contribution >= 0.6 is 0 Å². The Morgan fingerprint density at radius 3 is 1.54 bits per heavy atom. The Morgan fingerprint density at radius 1 is 1.08 bits per heavy atom. The van der Waals surface area contributed by atoms with Crippen molar-refractivity contribution in [3.63, 3.8) is 0 Å². The Labute approximate surface area is 97.8 Å². The molecule has 1 nitrogen and oxygen atoms in total. The van der Waals surface area contributed by atoms with Gasteiger partial charge in [0.2, 0.25) is 0 Å². The SMILES string of the molecule is C[C](=O)[Al]([CH2]C(C)C)[CH2]C(C)C.[AlH3]. The second-order valence-corrected chi connectivity index (χ2v) is 7.72. The van der Waals surface area contributed by atoms with E-state index >= 15 is 0 Å². The molecular formula is C10H24Al2O. The van der Waals surface area contributed by atoms with Crippen molar-refractivity contribution in [1.82, 2.24) is 0 Å². The molecule has 13 heavy (non-hydrogen) atoms.